The molecule has 0 saturated carbocycles. The normalized spacial score (nSPS) is 13.3. The topological polar surface area (TPSA) is 69.6 Å². The average molecular weight is 620 g/mol. The second kappa shape index (κ2) is 36.3. The molecule has 0 aromatic rings. The second-order valence-electron chi connectivity index (χ2n) is 13.3. The van der Waals surface area contributed by atoms with Crippen LogP contribution in [0.1, 0.15) is 206 Å². The van der Waals surface area contributed by atoms with Crippen LogP contribution in [0.3, 0.4) is 0 Å². The summed E-state index contributed by atoms with van der Waals surface area (Å²) in [6.45, 7) is 4.28. The molecule has 0 bridgehead atoms. The molecule has 0 heterocycles. The van der Waals surface area contributed by atoms with Gasteiger partial charge in [-0.25, -0.2) is 0 Å². The van der Waals surface area contributed by atoms with Gasteiger partial charge in [0.15, 0.2) is 0 Å². The van der Waals surface area contributed by atoms with Crippen LogP contribution in [0.5, 0.6) is 0 Å². The maximum absolute atomic E-state index is 12.3. The van der Waals surface area contributed by atoms with E-state index in [0.717, 1.165) is 32.1 Å². The van der Waals surface area contributed by atoms with Crippen molar-refractivity contribution in [3.63, 3.8) is 0 Å². The molecule has 4 nitrogen and oxygen atoms in total. The third-order valence-corrected chi connectivity index (χ3v) is 8.94. The van der Waals surface area contributed by atoms with Gasteiger partial charge in [-0.1, -0.05) is 192 Å². The van der Waals surface area contributed by atoms with E-state index in [2.05, 4.69) is 31.3 Å². The Kier molecular flexibility index (Phi) is 35.4. The van der Waals surface area contributed by atoms with E-state index in [1.54, 1.807) is 6.08 Å². The van der Waals surface area contributed by atoms with Crippen LogP contribution in [0.25, 0.3) is 0 Å². The van der Waals surface area contributed by atoms with Crippen molar-refractivity contribution in [2.24, 2.45) is 0 Å². The number of rotatable bonds is 35. The van der Waals surface area contributed by atoms with Crippen molar-refractivity contribution in [3.8, 4) is 0 Å². The second-order valence-corrected chi connectivity index (χ2v) is 13.3. The van der Waals surface area contributed by atoms with Crippen molar-refractivity contribution < 1.29 is 15.0 Å². The largest absolute Gasteiger partial charge is 0.394 e. The van der Waals surface area contributed by atoms with E-state index in [1.165, 1.54) is 154 Å². The quantitative estimate of drug-likeness (QED) is 0.0488. The van der Waals surface area contributed by atoms with Crippen molar-refractivity contribution in [1.29, 1.82) is 0 Å². The molecule has 3 N–H and O–H groups in total. The number of carbonyl (C=O) groups is 1. The van der Waals surface area contributed by atoms with Crippen LogP contribution in [0.2, 0.25) is 0 Å². The molecule has 0 fully saturated rings. The van der Waals surface area contributed by atoms with Crippen LogP contribution in [0, 0.1) is 0 Å². The van der Waals surface area contributed by atoms with E-state index in [9.17, 15) is 15.0 Å². The van der Waals surface area contributed by atoms with Gasteiger partial charge in [-0.15, -0.1) is 0 Å². The first-order valence-electron chi connectivity index (χ1n) is 19.6. The van der Waals surface area contributed by atoms with Gasteiger partial charge < -0.3 is 15.5 Å². The van der Waals surface area contributed by atoms with Gasteiger partial charge in [-0.3, -0.25) is 4.79 Å². The van der Waals surface area contributed by atoms with Gasteiger partial charge in [-0.05, 0) is 32.1 Å². The Balaban J connectivity index is 3.57. The van der Waals surface area contributed by atoms with Crippen molar-refractivity contribution in [2.45, 2.75) is 219 Å². The highest BCUT2D eigenvalue weighted by atomic mass is 16.3. The van der Waals surface area contributed by atoms with Crippen molar-refractivity contribution in [2.75, 3.05) is 6.61 Å². The fourth-order valence-corrected chi connectivity index (χ4v) is 5.90. The van der Waals surface area contributed by atoms with Gasteiger partial charge in [0.25, 0.3) is 0 Å². The van der Waals surface area contributed by atoms with Crippen LogP contribution >= 0.6 is 0 Å². The zero-order valence-electron chi connectivity index (χ0n) is 29.7. The Labute approximate surface area is 275 Å². The molecule has 0 rings (SSSR count). The molecule has 260 valence electrons. The fraction of sp³-hybridized carbons (Fsp3) is 0.875. The predicted molar refractivity (Wildman–Crippen MR) is 193 cm³/mol. The summed E-state index contributed by atoms with van der Waals surface area (Å²) in [6.07, 6.45) is 45.6. The number of aliphatic hydroxyl groups excluding tert-OH is 2. The van der Waals surface area contributed by atoms with Crippen LogP contribution in [0.15, 0.2) is 24.3 Å². The molecule has 0 aromatic heterocycles. The molecular formula is C40H77NO3. The van der Waals surface area contributed by atoms with Gasteiger partial charge in [0, 0.05) is 6.42 Å². The number of carbonyl (C=O) groups excluding carboxylic acids is 1. The Bertz CT molecular complexity index is 632. The maximum Gasteiger partial charge on any atom is 0.220 e. The van der Waals surface area contributed by atoms with Gasteiger partial charge in [-0.2, -0.15) is 0 Å². The average Bonchev–Trinajstić information content (AvgIpc) is 3.03. The highest BCUT2D eigenvalue weighted by Crippen LogP contribution is 2.15. The summed E-state index contributed by atoms with van der Waals surface area (Å²) in [5.41, 5.74) is 0. The smallest absolute Gasteiger partial charge is 0.220 e. The fourth-order valence-electron chi connectivity index (χ4n) is 5.90. The number of hydrogen-bond acceptors (Lipinski definition) is 3. The zero-order valence-corrected chi connectivity index (χ0v) is 29.7. The van der Waals surface area contributed by atoms with Crippen molar-refractivity contribution >= 4 is 5.91 Å². The summed E-state index contributed by atoms with van der Waals surface area (Å²) in [5.74, 6) is -0.0727. The van der Waals surface area contributed by atoms with E-state index >= 15 is 0 Å². The SMILES string of the molecule is CCCCCCCC/C=C/CC/C=C/C(O)C(CO)NC(=O)CCCCCCCCCCCCCCCCCCCCCC. The lowest BCUT2D eigenvalue weighted by molar-refractivity contribution is -0.123. The first-order valence-corrected chi connectivity index (χ1v) is 19.6. The highest BCUT2D eigenvalue weighted by molar-refractivity contribution is 5.76. The van der Waals surface area contributed by atoms with Crippen molar-refractivity contribution in [3.05, 3.63) is 24.3 Å². The Morgan fingerprint density at radius 1 is 0.523 bits per heavy atom. The lowest BCUT2D eigenvalue weighted by Gasteiger charge is -2.19. The van der Waals surface area contributed by atoms with E-state index in [0.29, 0.717) is 6.42 Å². The number of amides is 1. The Hall–Kier alpha value is -1.13. The van der Waals surface area contributed by atoms with Gasteiger partial charge in [0.2, 0.25) is 5.91 Å². The third kappa shape index (κ3) is 32.3. The summed E-state index contributed by atoms with van der Waals surface area (Å²) in [6, 6.07) is -0.632. The summed E-state index contributed by atoms with van der Waals surface area (Å²) in [5, 5.41) is 22.9. The van der Waals surface area contributed by atoms with Gasteiger partial charge >= 0.3 is 0 Å². The molecule has 0 radical (unpaired) electrons. The molecule has 0 aliphatic carbocycles. The van der Waals surface area contributed by atoms with Gasteiger partial charge in [0.1, 0.15) is 0 Å². The number of hydrogen-bond donors (Lipinski definition) is 3. The Morgan fingerprint density at radius 2 is 0.886 bits per heavy atom. The number of allylic oxidation sites excluding steroid dienone is 3. The van der Waals surface area contributed by atoms with Crippen LogP contribution in [0.4, 0.5) is 0 Å². The number of aliphatic hydroxyl groups is 2. The molecule has 0 aliphatic rings. The predicted octanol–water partition coefficient (Wildman–Crippen LogP) is 11.7. The molecule has 0 aliphatic heterocycles. The molecule has 1 amide bonds. The summed E-state index contributed by atoms with van der Waals surface area (Å²) in [4.78, 5) is 12.3. The molecule has 4 heteroatoms. The molecule has 0 spiro atoms. The van der Waals surface area contributed by atoms with Crippen LogP contribution in [-0.4, -0.2) is 34.9 Å². The maximum atomic E-state index is 12.3. The first-order chi connectivity index (χ1) is 21.7. The minimum atomic E-state index is -0.856. The standard InChI is InChI=1S/C40H77NO3/c1-3-5-7-9-11-13-15-17-18-19-20-21-22-23-24-26-28-30-32-34-36-40(44)41-38(37-42)39(43)35-33-31-29-27-25-16-14-12-10-8-6-4-2/h25,27,33,35,38-39,42-43H,3-24,26,28-32,34,36-37H2,1-2H3,(H,41,44)/b27-25+,35-33+. The lowest BCUT2D eigenvalue weighted by atomic mass is 10.0. The minimum Gasteiger partial charge on any atom is -0.394 e. The summed E-state index contributed by atoms with van der Waals surface area (Å²) < 4.78 is 0. The van der Waals surface area contributed by atoms with Crippen LogP contribution < -0.4 is 5.32 Å². The van der Waals surface area contributed by atoms with E-state index in [4.69, 9.17) is 0 Å². The first kappa shape index (κ1) is 42.9. The number of nitrogens with one attached hydrogen (secondary N) is 1. The molecule has 2 atom stereocenters. The van der Waals surface area contributed by atoms with E-state index in [1.807, 2.05) is 6.08 Å². The molecule has 2 unspecified atom stereocenters. The number of unbranched alkanes of at least 4 members (excludes halogenated alkanes) is 26. The monoisotopic (exact) mass is 620 g/mol. The third-order valence-electron chi connectivity index (χ3n) is 8.94. The summed E-state index contributed by atoms with van der Waals surface area (Å²) in [7, 11) is 0. The van der Waals surface area contributed by atoms with Crippen LogP contribution in [-0.2, 0) is 4.79 Å². The summed E-state index contributed by atoms with van der Waals surface area (Å²) >= 11 is 0. The molecular weight excluding hydrogens is 542 g/mol. The zero-order chi connectivity index (χ0) is 32.2. The minimum absolute atomic E-state index is 0.0727. The molecule has 44 heavy (non-hydrogen) atoms. The van der Waals surface area contributed by atoms with E-state index in [-0.39, 0.29) is 12.5 Å². The Morgan fingerprint density at radius 3 is 1.32 bits per heavy atom. The van der Waals surface area contributed by atoms with E-state index < -0.39 is 12.1 Å². The highest BCUT2D eigenvalue weighted by Gasteiger charge is 2.17. The van der Waals surface area contributed by atoms with Gasteiger partial charge in [0.05, 0.1) is 18.8 Å². The lowest BCUT2D eigenvalue weighted by Crippen LogP contribution is -2.45. The van der Waals surface area contributed by atoms with Crippen molar-refractivity contribution in [1.82, 2.24) is 5.32 Å². The molecule has 0 aromatic carbocycles. The molecule has 0 saturated heterocycles.